The maximum atomic E-state index is 13.7. The minimum atomic E-state index is -3.96. The standard InChI is InChI=1S/C29H34N2O4S/c1-5-29(6-2)19-26(25-9-7-8-10-27(25)35-29)30-28(32)20-31(23-15-11-21(3)12-16-23)36(33,34)24-17-13-22(4)14-18-24/h7-18,26H,5-6,19-20H2,1-4H3,(H,30,32). The number of anilines is 1. The quantitative estimate of drug-likeness (QED) is 0.425. The first kappa shape index (κ1) is 25.8. The van der Waals surface area contributed by atoms with Crippen molar-refractivity contribution in [2.45, 2.75) is 63.5 Å². The fraction of sp³-hybridized carbons (Fsp3) is 0.345. The number of rotatable bonds is 8. The average molecular weight is 507 g/mol. The van der Waals surface area contributed by atoms with Crippen molar-refractivity contribution in [1.29, 1.82) is 0 Å². The number of hydrogen-bond donors (Lipinski definition) is 1. The summed E-state index contributed by atoms with van der Waals surface area (Å²) in [5, 5.41) is 3.12. The molecule has 0 fully saturated rings. The molecule has 7 heteroatoms. The topological polar surface area (TPSA) is 75.7 Å². The number of carbonyl (C=O) groups excluding carboxylic acids is 1. The number of sulfonamides is 1. The normalized spacial score (nSPS) is 16.5. The van der Waals surface area contributed by atoms with Crippen molar-refractivity contribution in [3.8, 4) is 5.75 Å². The first-order chi connectivity index (χ1) is 17.2. The molecule has 4 rings (SSSR count). The van der Waals surface area contributed by atoms with Crippen LogP contribution in [0.5, 0.6) is 5.75 Å². The summed E-state index contributed by atoms with van der Waals surface area (Å²) < 4.78 is 34.9. The summed E-state index contributed by atoms with van der Waals surface area (Å²) in [5.74, 6) is 0.398. The molecule has 1 atom stereocenters. The molecular formula is C29H34N2O4S. The van der Waals surface area contributed by atoms with E-state index in [0.717, 1.165) is 35.3 Å². The zero-order chi connectivity index (χ0) is 25.9. The summed E-state index contributed by atoms with van der Waals surface area (Å²) in [4.78, 5) is 13.6. The minimum absolute atomic E-state index is 0.147. The van der Waals surface area contributed by atoms with Gasteiger partial charge in [0.1, 0.15) is 17.9 Å². The van der Waals surface area contributed by atoms with E-state index in [1.165, 1.54) is 4.31 Å². The molecular weight excluding hydrogens is 472 g/mol. The Hall–Kier alpha value is -3.32. The number of amides is 1. The van der Waals surface area contributed by atoms with Crippen molar-refractivity contribution in [2.75, 3.05) is 10.8 Å². The lowest BCUT2D eigenvalue weighted by Crippen LogP contribution is -2.47. The van der Waals surface area contributed by atoms with E-state index in [9.17, 15) is 13.2 Å². The third kappa shape index (κ3) is 5.26. The summed E-state index contributed by atoms with van der Waals surface area (Å²) in [6, 6.07) is 21.3. The van der Waals surface area contributed by atoms with Crippen LogP contribution in [0.15, 0.2) is 77.7 Å². The molecule has 1 aliphatic heterocycles. The summed E-state index contributed by atoms with van der Waals surface area (Å²) in [5.41, 5.74) is 2.94. The molecule has 1 unspecified atom stereocenters. The number of fused-ring (bicyclic) bond motifs is 1. The number of ether oxygens (including phenoxy) is 1. The number of carbonyl (C=O) groups is 1. The molecule has 1 amide bonds. The van der Waals surface area contributed by atoms with E-state index in [-0.39, 0.29) is 29.0 Å². The predicted molar refractivity (Wildman–Crippen MR) is 143 cm³/mol. The van der Waals surface area contributed by atoms with Crippen LogP contribution in [-0.4, -0.2) is 26.5 Å². The second-order valence-electron chi connectivity index (χ2n) is 9.51. The number of aryl methyl sites for hydroxylation is 2. The van der Waals surface area contributed by atoms with Gasteiger partial charge >= 0.3 is 0 Å². The van der Waals surface area contributed by atoms with Gasteiger partial charge in [0.15, 0.2) is 0 Å². The minimum Gasteiger partial charge on any atom is -0.487 e. The largest absolute Gasteiger partial charge is 0.487 e. The summed E-state index contributed by atoms with van der Waals surface area (Å²) in [6.45, 7) is 7.68. The smallest absolute Gasteiger partial charge is 0.264 e. The molecule has 0 aliphatic carbocycles. The van der Waals surface area contributed by atoms with Crippen LogP contribution in [0.25, 0.3) is 0 Å². The number of para-hydroxylation sites is 1. The third-order valence-electron chi connectivity index (χ3n) is 7.04. The van der Waals surface area contributed by atoms with Crippen molar-refractivity contribution in [3.05, 3.63) is 89.5 Å². The Morgan fingerprint density at radius 3 is 2.14 bits per heavy atom. The molecule has 0 saturated carbocycles. The number of benzene rings is 3. The average Bonchev–Trinajstić information content (AvgIpc) is 2.88. The van der Waals surface area contributed by atoms with E-state index in [1.807, 2.05) is 50.2 Å². The van der Waals surface area contributed by atoms with Gasteiger partial charge in [-0.3, -0.25) is 9.10 Å². The van der Waals surface area contributed by atoms with Crippen molar-refractivity contribution in [1.82, 2.24) is 5.32 Å². The molecule has 0 bridgehead atoms. The second-order valence-corrected chi connectivity index (χ2v) is 11.4. The molecule has 0 aromatic heterocycles. The van der Waals surface area contributed by atoms with Gasteiger partial charge in [0.2, 0.25) is 5.91 Å². The van der Waals surface area contributed by atoms with E-state index in [2.05, 4.69) is 19.2 Å². The fourth-order valence-electron chi connectivity index (χ4n) is 4.66. The van der Waals surface area contributed by atoms with E-state index < -0.39 is 10.0 Å². The summed E-state index contributed by atoms with van der Waals surface area (Å²) >= 11 is 0. The number of nitrogens with zero attached hydrogens (tertiary/aromatic N) is 1. The predicted octanol–water partition coefficient (Wildman–Crippen LogP) is 5.70. The van der Waals surface area contributed by atoms with Gasteiger partial charge in [0.25, 0.3) is 10.0 Å². The SMILES string of the molecule is CCC1(CC)CC(NC(=O)CN(c2ccc(C)cc2)S(=O)(=O)c2ccc(C)cc2)c2ccccc2O1. The van der Waals surface area contributed by atoms with Gasteiger partial charge in [0.05, 0.1) is 16.6 Å². The summed E-state index contributed by atoms with van der Waals surface area (Å²) in [6.07, 6.45) is 2.24. The monoisotopic (exact) mass is 506 g/mol. The van der Waals surface area contributed by atoms with Crippen LogP contribution in [-0.2, 0) is 14.8 Å². The third-order valence-corrected chi connectivity index (χ3v) is 8.83. The molecule has 0 radical (unpaired) electrons. The zero-order valence-electron chi connectivity index (χ0n) is 21.3. The first-order valence-corrected chi connectivity index (χ1v) is 13.8. The van der Waals surface area contributed by atoms with Crippen LogP contribution in [0, 0.1) is 13.8 Å². The van der Waals surface area contributed by atoms with E-state index in [4.69, 9.17) is 4.74 Å². The van der Waals surface area contributed by atoms with Crippen LogP contribution in [0.1, 0.15) is 55.8 Å². The number of hydrogen-bond acceptors (Lipinski definition) is 4. The van der Waals surface area contributed by atoms with Crippen LogP contribution in [0.4, 0.5) is 5.69 Å². The van der Waals surface area contributed by atoms with Crippen molar-refractivity contribution in [2.24, 2.45) is 0 Å². The Kier molecular flexibility index (Phi) is 7.41. The van der Waals surface area contributed by atoms with Crippen LogP contribution in [0.2, 0.25) is 0 Å². The van der Waals surface area contributed by atoms with Crippen molar-refractivity contribution in [3.63, 3.8) is 0 Å². The lowest BCUT2D eigenvalue weighted by molar-refractivity contribution is -0.121. The Balaban J connectivity index is 1.65. The van der Waals surface area contributed by atoms with Gasteiger partial charge in [-0.2, -0.15) is 0 Å². The maximum Gasteiger partial charge on any atom is 0.264 e. The Bertz CT molecular complexity index is 1310. The van der Waals surface area contributed by atoms with Crippen LogP contribution >= 0.6 is 0 Å². The highest BCUT2D eigenvalue weighted by Gasteiger charge is 2.39. The Morgan fingerprint density at radius 1 is 0.944 bits per heavy atom. The van der Waals surface area contributed by atoms with Crippen molar-refractivity contribution < 1.29 is 17.9 Å². The molecule has 36 heavy (non-hydrogen) atoms. The van der Waals surface area contributed by atoms with Gasteiger partial charge in [-0.05, 0) is 57.0 Å². The lowest BCUT2D eigenvalue weighted by Gasteiger charge is -2.41. The molecule has 3 aromatic rings. The molecule has 0 saturated heterocycles. The molecule has 6 nitrogen and oxygen atoms in total. The Labute approximate surface area is 214 Å². The van der Waals surface area contributed by atoms with Crippen LogP contribution in [0.3, 0.4) is 0 Å². The molecule has 0 spiro atoms. The van der Waals surface area contributed by atoms with E-state index >= 15 is 0 Å². The molecule has 190 valence electrons. The molecule has 1 N–H and O–H groups in total. The van der Waals surface area contributed by atoms with Gasteiger partial charge in [-0.15, -0.1) is 0 Å². The van der Waals surface area contributed by atoms with Gasteiger partial charge in [0, 0.05) is 12.0 Å². The highest BCUT2D eigenvalue weighted by molar-refractivity contribution is 7.92. The van der Waals surface area contributed by atoms with Crippen LogP contribution < -0.4 is 14.4 Å². The van der Waals surface area contributed by atoms with Gasteiger partial charge in [-0.1, -0.05) is 67.4 Å². The maximum absolute atomic E-state index is 13.7. The van der Waals surface area contributed by atoms with Gasteiger partial charge < -0.3 is 10.1 Å². The second kappa shape index (κ2) is 10.3. The molecule has 1 heterocycles. The lowest BCUT2D eigenvalue weighted by atomic mass is 9.83. The van der Waals surface area contributed by atoms with E-state index in [0.29, 0.717) is 12.1 Å². The van der Waals surface area contributed by atoms with Gasteiger partial charge in [-0.25, -0.2) is 8.42 Å². The highest BCUT2D eigenvalue weighted by atomic mass is 32.2. The molecule has 3 aromatic carbocycles. The highest BCUT2D eigenvalue weighted by Crippen LogP contribution is 2.42. The van der Waals surface area contributed by atoms with E-state index in [1.54, 1.807) is 36.4 Å². The molecule has 1 aliphatic rings. The first-order valence-electron chi connectivity index (χ1n) is 12.4. The summed E-state index contributed by atoms with van der Waals surface area (Å²) in [7, 11) is -3.96. The fourth-order valence-corrected chi connectivity index (χ4v) is 6.08. The zero-order valence-corrected chi connectivity index (χ0v) is 22.1. The number of nitrogens with one attached hydrogen (secondary N) is 1. The Morgan fingerprint density at radius 2 is 1.53 bits per heavy atom. The van der Waals surface area contributed by atoms with Crippen molar-refractivity contribution >= 4 is 21.6 Å².